The van der Waals surface area contributed by atoms with Crippen molar-refractivity contribution in [3.63, 3.8) is 0 Å². The number of halogens is 2. The number of benzene rings is 2. The molecule has 0 fully saturated rings. The quantitative estimate of drug-likeness (QED) is 0.845. The van der Waals surface area contributed by atoms with Crippen LogP contribution in [0.25, 0.3) is 0 Å². The summed E-state index contributed by atoms with van der Waals surface area (Å²) in [7, 11) is 0. The van der Waals surface area contributed by atoms with Crippen LogP contribution in [0.3, 0.4) is 0 Å². The summed E-state index contributed by atoms with van der Waals surface area (Å²) in [5, 5.41) is 0.673. The molecule has 4 heteroatoms. The van der Waals surface area contributed by atoms with Gasteiger partial charge in [-0.25, -0.2) is 0 Å². The third-order valence-corrected chi connectivity index (χ3v) is 3.31. The third kappa shape index (κ3) is 3.73. The monoisotopic (exact) mass is 325 g/mol. The van der Waals surface area contributed by atoms with Gasteiger partial charge in [0, 0.05) is 20.7 Å². The van der Waals surface area contributed by atoms with E-state index in [2.05, 4.69) is 15.9 Å². The number of hydrogen-bond donors (Lipinski definition) is 1. The minimum atomic E-state index is 0.461. The molecule has 94 valence electrons. The first-order chi connectivity index (χ1) is 8.65. The highest BCUT2D eigenvalue weighted by atomic mass is 79.9. The van der Waals surface area contributed by atoms with Gasteiger partial charge in [-0.15, -0.1) is 0 Å². The van der Waals surface area contributed by atoms with E-state index in [1.807, 2.05) is 30.3 Å². The summed E-state index contributed by atoms with van der Waals surface area (Å²) in [5.41, 5.74) is 8.59. The molecule has 0 saturated carbocycles. The van der Waals surface area contributed by atoms with Crippen molar-refractivity contribution in [3.05, 3.63) is 63.1 Å². The van der Waals surface area contributed by atoms with Crippen LogP contribution in [0.15, 0.2) is 46.9 Å². The van der Waals surface area contributed by atoms with E-state index in [4.69, 9.17) is 22.1 Å². The van der Waals surface area contributed by atoms with Crippen LogP contribution in [0.4, 0.5) is 5.69 Å². The largest absolute Gasteiger partial charge is 0.398 e. The van der Waals surface area contributed by atoms with Crippen LogP contribution in [-0.4, -0.2) is 0 Å². The first-order valence-corrected chi connectivity index (χ1v) is 6.68. The summed E-state index contributed by atoms with van der Waals surface area (Å²) in [6.45, 7) is 1.02. The van der Waals surface area contributed by atoms with Gasteiger partial charge in [0.25, 0.3) is 0 Å². The van der Waals surface area contributed by atoms with E-state index in [0.29, 0.717) is 23.9 Å². The Morgan fingerprint density at radius 2 is 1.78 bits per heavy atom. The molecule has 2 aromatic rings. The molecule has 0 aliphatic carbocycles. The summed E-state index contributed by atoms with van der Waals surface area (Å²) in [4.78, 5) is 0. The minimum Gasteiger partial charge on any atom is -0.398 e. The van der Waals surface area contributed by atoms with Gasteiger partial charge in [-0.1, -0.05) is 39.7 Å². The van der Waals surface area contributed by atoms with Crippen LogP contribution in [0, 0.1) is 0 Å². The minimum absolute atomic E-state index is 0.461. The molecule has 0 atom stereocenters. The van der Waals surface area contributed by atoms with E-state index in [0.717, 1.165) is 15.6 Å². The van der Waals surface area contributed by atoms with Crippen molar-refractivity contribution < 1.29 is 4.74 Å². The third-order valence-electron chi connectivity index (χ3n) is 2.54. The number of nitrogens with two attached hydrogens (primary N) is 1. The smallest absolute Gasteiger partial charge is 0.0741 e. The van der Waals surface area contributed by atoms with Crippen molar-refractivity contribution in [2.75, 3.05) is 5.73 Å². The van der Waals surface area contributed by atoms with Crippen LogP contribution in [-0.2, 0) is 18.0 Å². The molecular formula is C14H13BrClNO. The second-order valence-corrected chi connectivity index (χ2v) is 5.31. The second-order valence-electron chi connectivity index (χ2n) is 3.96. The van der Waals surface area contributed by atoms with Crippen molar-refractivity contribution in [1.29, 1.82) is 0 Å². The fraction of sp³-hybridized carbons (Fsp3) is 0.143. The molecule has 0 heterocycles. The van der Waals surface area contributed by atoms with Crippen molar-refractivity contribution >= 4 is 33.2 Å². The number of ether oxygens (including phenoxy) is 1. The first kappa shape index (κ1) is 13.4. The Morgan fingerprint density at radius 1 is 1.06 bits per heavy atom. The van der Waals surface area contributed by atoms with Crippen LogP contribution in [0.1, 0.15) is 11.1 Å². The van der Waals surface area contributed by atoms with E-state index in [1.54, 1.807) is 12.1 Å². The Labute approximate surface area is 120 Å². The fourth-order valence-electron chi connectivity index (χ4n) is 1.56. The lowest BCUT2D eigenvalue weighted by molar-refractivity contribution is 0.107. The molecule has 0 spiro atoms. The number of hydrogen-bond acceptors (Lipinski definition) is 2. The zero-order valence-corrected chi connectivity index (χ0v) is 12.0. The van der Waals surface area contributed by atoms with Crippen LogP contribution >= 0.6 is 27.5 Å². The van der Waals surface area contributed by atoms with E-state index in [1.165, 1.54) is 0 Å². The Kier molecular flexibility index (Phi) is 4.64. The molecule has 0 radical (unpaired) electrons. The standard InChI is InChI=1S/C14H13BrClNO/c15-12-3-1-10(2-4-12)8-18-9-11-7-13(16)5-6-14(11)17/h1-7H,8-9,17H2. The lowest BCUT2D eigenvalue weighted by atomic mass is 10.2. The average Bonchev–Trinajstić information content (AvgIpc) is 2.36. The highest BCUT2D eigenvalue weighted by Crippen LogP contribution is 2.19. The Hall–Kier alpha value is -1.03. The molecule has 2 nitrogen and oxygen atoms in total. The van der Waals surface area contributed by atoms with Crippen molar-refractivity contribution in [2.24, 2.45) is 0 Å². The molecule has 18 heavy (non-hydrogen) atoms. The van der Waals surface area contributed by atoms with E-state index in [-0.39, 0.29) is 0 Å². The van der Waals surface area contributed by atoms with Crippen LogP contribution in [0.5, 0.6) is 0 Å². The predicted octanol–water partition coefficient (Wildman–Crippen LogP) is 4.40. The van der Waals surface area contributed by atoms with Crippen molar-refractivity contribution in [1.82, 2.24) is 0 Å². The van der Waals surface area contributed by atoms with Gasteiger partial charge in [-0.2, -0.15) is 0 Å². The highest BCUT2D eigenvalue weighted by molar-refractivity contribution is 9.10. The van der Waals surface area contributed by atoms with Crippen molar-refractivity contribution in [3.8, 4) is 0 Å². The lowest BCUT2D eigenvalue weighted by Crippen LogP contribution is -1.98. The molecule has 0 unspecified atom stereocenters. The van der Waals surface area contributed by atoms with Gasteiger partial charge >= 0.3 is 0 Å². The summed E-state index contributed by atoms with van der Waals surface area (Å²) >= 11 is 9.31. The van der Waals surface area contributed by atoms with Gasteiger partial charge in [-0.05, 0) is 35.9 Å². The molecule has 0 aliphatic heterocycles. The van der Waals surface area contributed by atoms with Gasteiger partial charge in [0.05, 0.1) is 13.2 Å². The molecular weight excluding hydrogens is 314 g/mol. The summed E-state index contributed by atoms with van der Waals surface area (Å²) < 4.78 is 6.69. The van der Waals surface area contributed by atoms with Crippen LogP contribution in [0.2, 0.25) is 5.02 Å². The zero-order chi connectivity index (χ0) is 13.0. The second kappa shape index (κ2) is 6.23. The maximum absolute atomic E-state index is 5.91. The van der Waals surface area contributed by atoms with Gasteiger partial charge in [-0.3, -0.25) is 0 Å². The van der Waals surface area contributed by atoms with Gasteiger partial charge in [0.1, 0.15) is 0 Å². The maximum atomic E-state index is 5.91. The molecule has 0 bridgehead atoms. The average molecular weight is 327 g/mol. The number of nitrogen functional groups attached to an aromatic ring is 1. The summed E-state index contributed by atoms with van der Waals surface area (Å²) in [6, 6.07) is 13.4. The van der Waals surface area contributed by atoms with Crippen molar-refractivity contribution in [2.45, 2.75) is 13.2 Å². The Bertz CT molecular complexity index is 528. The number of anilines is 1. The molecule has 0 aliphatic rings. The van der Waals surface area contributed by atoms with Gasteiger partial charge in [0.15, 0.2) is 0 Å². The SMILES string of the molecule is Nc1ccc(Cl)cc1COCc1ccc(Br)cc1. The van der Waals surface area contributed by atoms with Gasteiger partial charge < -0.3 is 10.5 Å². The first-order valence-electron chi connectivity index (χ1n) is 5.51. The van der Waals surface area contributed by atoms with E-state index >= 15 is 0 Å². The normalized spacial score (nSPS) is 10.6. The maximum Gasteiger partial charge on any atom is 0.0741 e. The topological polar surface area (TPSA) is 35.2 Å². The fourth-order valence-corrected chi connectivity index (χ4v) is 2.02. The Morgan fingerprint density at radius 3 is 2.50 bits per heavy atom. The molecule has 2 rings (SSSR count). The highest BCUT2D eigenvalue weighted by Gasteiger charge is 2.01. The van der Waals surface area contributed by atoms with E-state index in [9.17, 15) is 0 Å². The predicted molar refractivity (Wildman–Crippen MR) is 78.5 cm³/mol. The molecule has 0 aromatic heterocycles. The Balaban J connectivity index is 1.92. The molecule has 0 saturated heterocycles. The zero-order valence-electron chi connectivity index (χ0n) is 9.70. The molecule has 2 aromatic carbocycles. The summed E-state index contributed by atoms with van der Waals surface area (Å²) in [5.74, 6) is 0. The van der Waals surface area contributed by atoms with E-state index < -0.39 is 0 Å². The van der Waals surface area contributed by atoms with Gasteiger partial charge in [0.2, 0.25) is 0 Å². The number of rotatable bonds is 4. The lowest BCUT2D eigenvalue weighted by Gasteiger charge is -2.08. The molecule has 2 N–H and O–H groups in total. The van der Waals surface area contributed by atoms with Crippen LogP contribution < -0.4 is 5.73 Å². The molecule has 0 amide bonds. The summed E-state index contributed by atoms with van der Waals surface area (Å²) in [6.07, 6.45) is 0.